The molecule has 1 aromatic rings. The first-order valence-corrected chi connectivity index (χ1v) is 3.36. The van der Waals surface area contributed by atoms with E-state index in [4.69, 9.17) is 0 Å². The zero-order chi connectivity index (χ0) is 9.14. The highest BCUT2D eigenvalue weighted by Gasteiger charge is 2.09. The lowest BCUT2D eigenvalue weighted by Gasteiger charge is -2.01. The molecule has 0 aliphatic carbocycles. The van der Waals surface area contributed by atoms with Crippen LogP contribution in [-0.4, -0.2) is 18.1 Å². The van der Waals surface area contributed by atoms with Gasteiger partial charge in [0.2, 0.25) is 5.95 Å². The highest BCUT2D eigenvalue weighted by Crippen LogP contribution is 2.06. The zero-order valence-corrected chi connectivity index (χ0v) is 6.80. The number of methoxy groups -OCH3 is 1. The maximum Gasteiger partial charge on any atom is 0.339 e. The summed E-state index contributed by atoms with van der Waals surface area (Å²) < 4.78 is 16.9. The molecule has 0 bridgehead atoms. The van der Waals surface area contributed by atoms with Crippen LogP contribution >= 0.6 is 0 Å². The minimum absolute atomic E-state index is 0.291. The minimum atomic E-state index is -0.597. The molecule has 0 saturated carbocycles. The lowest BCUT2D eigenvalue weighted by Crippen LogP contribution is -2.05. The number of halogens is 1. The van der Waals surface area contributed by atoms with Gasteiger partial charge in [-0.15, -0.1) is 0 Å². The average Bonchev–Trinajstić information content (AvgIpc) is 2.03. The molecule has 0 unspecified atom stereocenters. The molecule has 64 valence electrons. The van der Waals surface area contributed by atoms with Gasteiger partial charge in [0.05, 0.1) is 18.4 Å². The fourth-order valence-electron chi connectivity index (χ4n) is 0.856. The van der Waals surface area contributed by atoms with Crippen LogP contribution in [0.1, 0.15) is 16.1 Å². The van der Waals surface area contributed by atoms with E-state index >= 15 is 0 Å². The molecule has 12 heavy (non-hydrogen) atoms. The topological polar surface area (TPSA) is 39.2 Å². The standard InChI is InChI=1S/C8H8FNO2/c1-5-6(8(11)12-2)3-4-7(9)10-5/h3-4H,1-2H3. The van der Waals surface area contributed by atoms with E-state index in [2.05, 4.69) is 9.72 Å². The van der Waals surface area contributed by atoms with Gasteiger partial charge in [-0.05, 0) is 19.1 Å². The van der Waals surface area contributed by atoms with Gasteiger partial charge in [0, 0.05) is 0 Å². The normalized spacial score (nSPS) is 9.58. The van der Waals surface area contributed by atoms with Crippen molar-refractivity contribution in [2.24, 2.45) is 0 Å². The van der Waals surface area contributed by atoms with E-state index < -0.39 is 11.9 Å². The number of rotatable bonds is 1. The third-order valence-electron chi connectivity index (χ3n) is 1.46. The Balaban J connectivity index is 3.09. The summed E-state index contributed by atoms with van der Waals surface area (Å²) in [6.07, 6.45) is 0. The molecule has 0 amide bonds. The summed E-state index contributed by atoms with van der Waals surface area (Å²) in [5.41, 5.74) is 0.626. The van der Waals surface area contributed by atoms with Crippen molar-refractivity contribution in [3.8, 4) is 0 Å². The number of ether oxygens (including phenoxy) is 1. The molecule has 1 heterocycles. The Hall–Kier alpha value is -1.45. The van der Waals surface area contributed by atoms with E-state index in [0.29, 0.717) is 11.3 Å². The fraction of sp³-hybridized carbons (Fsp3) is 0.250. The minimum Gasteiger partial charge on any atom is -0.465 e. The van der Waals surface area contributed by atoms with Crippen LogP contribution in [0.5, 0.6) is 0 Å². The summed E-state index contributed by atoms with van der Waals surface area (Å²) in [5, 5.41) is 0. The van der Waals surface area contributed by atoms with Crippen LogP contribution in [-0.2, 0) is 4.74 Å². The predicted molar refractivity (Wildman–Crippen MR) is 40.3 cm³/mol. The number of hydrogen-bond donors (Lipinski definition) is 0. The van der Waals surface area contributed by atoms with Gasteiger partial charge in [0.1, 0.15) is 0 Å². The van der Waals surface area contributed by atoms with Crippen molar-refractivity contribution in [3.63, 3.8) is 0 Å². The summed E-state index contributed by atoms with van der Waals surface area (Å²) in [6.45, 7) is 1.55. The molecule has 1 aromatic heterocycles. The maximum absolute atomic E-state index is 12.5. The van der Waals surface area contributed by atoms with Gasteiger partial charge < -0.3 is 4.74 Å². The Morgan fingerprint density at radius 2 is 2.25 bits per heavy atom. The highest BCUT2D eigenvalue weighted by molar-refractivity contribution is 5.90. The number of aromatic nitrogens is 1. The molecule has 0 aliphatic rings. The van der Waals surface area contributed by atoms with Gasteiger partial charge in [-0.25, -0.2) is 9.78 Å². The van der Waals surface area contributed by atoms with Crippen LogP contribution < -0.4 is 0 Å². The summed E-state index contributed by atoms with van der Waals surface area (Å²) in [4.78, 5) is 14.4. The largest absolute Gasteiger partial charge is 0.465 e. The number of nitrogens with zero attached hydrogens (tertiary/aromatic N) is 1. The van der Waals surface area contributed by atoms with Gasteiger partial charge in [-0.1, -0.05) is 0 Å². The molecular weight excluding hydrogens is 161 g/mol. The third-order valence-corrected chi connectivity index (χ3v) is 1.46. The number of pyridine rings is 1. The van der Waals surface area contributed by atoms with Crippen LogP contribution in [0.25, 0.3) is 0 Å². The molecule has 0 radical (unpaired) electrons. The second-order valence-corrected chi connectivity index (χ2v) is 2.26. The van der Waals surface area contributed by atoms with E-state index in [0.717, 1.165) is 6.07 Å². The second kappa shape index (κ2) is 3.30. The molecule has 0 spiro atoms. The number of carbonyl (C=O) groups is 1. The first-order chi connectivity index (χ1) is 5.65. The van der Waals surface area contributed by atoms with Crippen molar-refractivity contribution in [3.05, 3.63) is 29.3 Å². The van der Waals surface area contributed by atoms with Crippen molar-refractivity contribution >= 4 is 5.97 Å². The predicted octanol–water partition coefficient (Wildman–Crippen LogP) is 1.32. The molecule has 3 nitrogen and oxygen atoms in total. The fourth-order valence-corrected chi connectivity index (χ4v) is 0.856. The van der Waals surface area contributed by atoms with E-state index in [1.54, 1.807) is 6.92 Å². The highest BCUT2D eigenvalue weighted by atomic mass is 19.1. The Kier molecular flexibility index (Phi) is 2.38. The molecule has 0 fully saturated rings. The molecule has 0 saturated heterocycles. The van der Waals surface area contributed by atoms with E-state index in [1.165, 1.54) is 13.2 Å². The number of esters is 1. The number of hydrogen-bond acceptors (Lipinski definition) is 3. The molecule has 0 atom stereocenters. The molecule has 0 aliphatic heterocycles. The van der Waals surface area contributed by atoms with Crippen LogP contribution in [0, 0.1) is 12.9 Å². The summed E-state index contributed by atoms with van der Waals surface area (Å²) in [5.74, 6) is -1.10. The lowest BCUT2D eigenvalue weighted by atomic mass is 10.2. The maximum atomic E-state index is 12.5. The van der Waals surface area contributed by atoms with Crippen molar-refractivity contribution in [2.75, 3.05) is 7.11 Å². The lowest BCUT2D eigenvalue weighted by molar-refractivity contribution is 0.0599. The zero-order valence-electron chi connectivity index (χ0n) is 6.80. The average molecular weight is 169 g/mol. The van der Waals surface area contributed by atoms with Crippen molar-refractivity contribution in [2.45, 2.75) is 6.92 Å². The van der Waals surface area contributed by atoms with Gasteiger partial charge in [0.15, 0.2) is 0 Å². The first kappa shape index (κ1) is 8.64. The molecular formula is C8H8FNO2. The Labute approximate surface area is 69.2 Å². The van der Waals surface area contributed by atoms with Gasteiger partial charge in [0.25, 0.3) is 0 Å². The summed E-state index contributed by atoms with van der Waals surface area (Å²) >= 11 is 0. The Morgan fingerprint density at radius 3 is 2.75 bits per heavy atom. The molecule has 1 rings (SSSR count). The molecule has 4 heteroatoms. The van der Waals surface area contributed by atoms with E-state index in [1.807, 2.05) is 0 Å². The van der Waals surface area contributed by atoms with Crippen LogP contribution in [0.15, 0.2) is 12.1 Å². The SMILES string of the molecule is COC(=O)c1ccc(F)nc1C. The monoisotopic (exact) mass is 169 g/mol. The molecule has 0 N–H and O–H groups in total. The first-order valence-electron chi connectivity index (χ1n) is 3.36. The van der Waals surface area contributed by atoms with Crippen molar-refractivity contribution in [1.29, 1.82) is 0 Å². The van der Waals surface area contributed by atoms with Crippen molar-refractivity contribution in [1.82, 2.24) is 4.98 Å². The quantitative estimate of drug-likeness (QED) is 0.470. The van der Waals surface area contributed by atoms with Gasteiger partial charge in [-0.3, -0.25) is 0 Å². The van der Waals surface area contributed by atoms with E-state index in [9.17, 15) is 9.18 Å². The molecule has 0 aromatic carbocycles. The van der Waals surface area contributed by atoms with Crippen LogP contribution in [0.2, 0.25) is 0 Å². The smallest absolute Gasteiger partial charge is 0.339 e. The van der Waals surface area contributed by atoms with Crippen molar-refractivity contribution < 1.29 is 13.9 Å². The van der Waals surface area contributed by atoms with Crippen LogP contribution in [0.4, 0.5) is 4.39 Å². The van der Waals surface area contributed by atoms with Gasteiger partial charge in [-0.2, -0.15) is 4.39 Å². The van der Waals surface area contributed by atoms with Crippen LogP contribution in [0.3, 0.4) is 0 Å². The second-order valence-electron chi connectivity index (χ2n) is 2.26. The Bertz CT molecular complexity index is 312. The Morgan fingerprint density at radius 1 is 1.58 bits per heavy atom. The van der Waals surface area contributed by atoms with Gasteiger partial charge >= 0.3 is 5.97 Å². The number of aryl methyl sites for hydroxylation is 1. The summed E-state index contributed by atoms with van der Waals surface area (Å²) in [7, 11) is 1.27. The summed E-state index contributed by atoms with van der Waals surface area (Å²) in [6, 6.07) is 2.47. The van der Waals surface area contributed by atoms with E-state index in [-0.39, 0.29) is 0 Å². The number of carbonyl (C=O) groups excluding carboxylic acids is 1. The third kappa shape index (κ3) is 1.58.